The summed E-state index contributed by atoms with van der Waals surface area (Å²) in [6.07, 6.45) is 3.46. The summed E-state index contributed by atoms with van der Waals surface area (Å²) in [5.74, 6) is 0.746. The van der Waals surface area contributed by atoms with Crippen molar-refractivity contribution in [2.24, 2.45) is 0 Å². The Morgan fingerprint density at radius 2 is 2.04 bits per heavy atom. The molecule has 124 valence electrons. The number of aromatic nitrogens is 2. The van der Waals surface area contributed by atoms with Crippen molar-refractivity contribution in [3.8, 4) is 10.8 Å². The molecule has 5 nitrogen and oxygen atoms in total. The molecule has 25 heavy (non-hydrogen) atoms. The predicted molar refractivity (Wildman–Crippen MR) is 97.4 cm³/mol. The smallest absolute Gasteiger partial charge is 0.289 e. The van der Waals surface area contributed by atoms with Crippen molar-refractivity contribution >= 4 is 27.5 Å². The lowest BCUT2D eigenvalue weighted by atomic mass is 10.2. The van der Waals surface area contributed by atoms with E-state index in [0.717, 1.165) is 20.8 Å². The van der Waals surface area contributed by atoms with Crippen molar-refractivity contribution in [2.45, 2.75) is 6.54 Å². The Hall–Kier alpha value is -2.99. The Morgan fingerprint density at radius 3 is 2.84 bits per heavy atom. The Labute approximate surface area is 148 Å². The summed E-state index contributed by atoms with van der Waals surface area (Å²) in [7, 11) is 1.75. The van der Waals surface area contributed by atoms with Gasteiger partial charge in [-0.2, -0.15) is 0 Å². The molecule has 4 aromatic rings. The van der Waals surface area contributed by atoms with E-state index in [1.165, 1.54) is 0 Å². The third-order valence-corrected chi connectivity index (χ3v) is 4.86. The number of thiazole rings is 1. The van der Waals surface area contributed by atoms with Crippen molar-refractivity contribution in [3.63, 3.8) is 0 Å². The number of benzene rings is 1. The van der Waals surface area contributed by atoms with Gasteiger partial charge in [-0.3, -0.25) is 9.78 Å². The highest BCUT2D eigenvalue weighted by atomic mass is 32.1. The van der Waals surface area contributed by atoms with E-state index in [1.807, 2.05) is 36.4 Å². The second-order valence-electron chi connectivity index (χ2n) is 5.67. The summed E-state index contributed by atoms with van der Waals surface area (Å²) >= 11 is 1.55. The molecule has 4 rings (SSSR count). The van der Waals surface area contributed by atoms with Crippen molar-refractivity contribution < 1.29 is 9.21 Å². The highest BCUT2D eigenvalue weighted by molar-refractivity contribution is 7.21. The van der Waals surface area contributed by atoms with Gasteiger partial charge < -0.3 is 9.32 Å². The number of carbonyl (C=O) groups excluding carboxylic acids is 1. The minimum atomic E-state index is -0.170. The van der Waals surface area contributed by atoms with Gasteiger partial charge in [0.25, 0.3) is 5.91 Å². The molecule has 0 radical (unpaired) electrons. The van der Waals surface area contributed by atoms with Crippen LogP contribution in [0.3, 0.4) is 0 Å². The molecule has 0 spiro atoms. The predicted octanol–water partition coefficient (Wildman–Crippen LogP) is 4.22. The summed E-state index contributed by atoms with van der Waals surface area (Å²) in [6, 6.07) is 15.2. The average Bonchev–Trinajstić information content (AvgIpc) is 3.28. The van der Waals surface area contributed by atoms with E-state index in [0.29, 0.717) is 18.1 Å². The van der Waals surface area contributed by atoms with E-state index < -0.39 is 0 Å². The van der Waals surface area contributed by atoms with Gasteiger partial charge in [-0.25, -0.2) is 4.98 Å². The third kappa shape index (κ3) is 3.16. The molecule has 0 aliphatic rings. The monoisotopic (exact) mass is 349 g/mol. The molecule has 0 aliphatic heterocycles. The van der Waals surface area contributed by atoms with Gasteiger partial charge in [0.2, 0.25) is 0 Å². The van der Waals surface area contributed by atoms with Crippen LogP contribution in [0.5, 0.6) is 0 Å². The molecule has 0 unspecified atom stereocenters. The standard InChI is InChI=1S/C19H15N3O2S/c1-22(12-13-5-4-10-20-11-13)19(23)16-9-8-15(24-16)18-21-14-6-2-3-7-17(14)25-18/h2-11H,12H2,1H3. The van der Waals surface area contributed by atoms with Crippen LogP contribution in [0.2, 0.25) is 0 Å². The summed E-state index contributed by atoms with van der Waals surface area (Å²) in [4.78, 5) is 22.8. The number of para-hydroxylation sites is 1. The van der Waals surface area contributed by atoms with Gasteiger partial charge in [0, 0.05) is 26.0 Å². The van der Waals surface area contributed by atoms with Crippen molar-refractivity contribution in [3.05, 3.63) is 72.2 Å². The molecule has 1 amide bonds. The first-order valence-electron chi connectivity index (χ1n) is 7.81. The molecule has 0 fully saturated rings. The minimum Gasteiger partial charge on any atom is -0.448 e. The Kier molecular flexibility index (Phi) is 4.03. The van der Waals surface area contributed by atoms with E-state index in [2.05, 4.69) is 9.97 Å². The zero-order chi connectivity index (χ0) is 17.2. The van der Waals surface area contributed by atoms with Crippen LogP contribution in [0.15, 0.2) is 65.3 Å². The molecule has 3 aromatic heterocycles. The number of furan rings is 1. The highest BCUT2D eigenvalue weighted by Crippen LogP contribution is 2.31. The number of rotatable bonds is 4. The lowest BCUT2D eigenvalue weighted by Crippen LogP contribution is -2.25. The first-order chi connectivity index (χ1) is 12.2. The van der Waals surface area contributed by atoms with Crippen LogP contribution >= 0.6 is 11.3 Å². The van der Waals surface area contributed by atoms with E-state index in [-0.39, 0.29) is 5.91 Å². The van der Waals surface area contributed by atoms with E-state index in [9.17, 15) is 4.79 Å². The fourth-order valence-electron chi connectivity index (χ4n) is 2.57. The molecule has 0 saturated heterocycles. The molecule has 6 heteroatoms. The van der Waals surface area contributed by atoms with Crippen LogP contribution in [0.4, 0.5) is 0 Å². The lowest BCUT2D eigenvalue weighted by molar-refractivity contribution is 0.0754. The van der Waals surface area contributed by atoms with E-state index in [4.69, 9.17) is 4.42 Å². The van der Waals surface area contributed by atoms with Crippen LogP contribution in [-0.2, 0) is 6.54 Å². The molecule has 1 aromatic carbocycles. The molecule has 0 N–H and O–H groups in total. The average molecular weight is 349 g/mol. The molecular formula is C19H15N3O2S. The molecule has 0 bridgehead atoms. The third-order valence-electron chi connectivity index (χ3n) is 3.81. The zero-order valence-corrected chi connectivity index (χ0v) is 14.4. The van der Waals surface area contributed by atoms with Gasteiger partial charge in [-0.05, 0) is 35.9 Å². The SMILES string of the molecule is CN(Cc1cccnc1)C(=O)c1ccc(-c2nc3ccccc3s2)o1. The molecule has 0 aliphatic carbocycles. The van der Waals surface area contributed by atoms with Gasteiger partial charge >= 0.3 is 0 Å². The first kappa shape index (κ1) is 15.5. The second kappa shape index (κ2) is 6.49. The number of pyridine rings is 1. The quantitative estimate of drug-likeness (QED) is 0.553. The van der Waals surface area contributed by atoms with Crippen molar-refractivity contribution in [2.75, 3.05) is 7.05 Å². The van der Waals surface area contributed by atoms with Gasteiger partial charge in [-0.15, -0.1) is 11.3 Å². The van der Waals surface area contributed by atoms with Crippen molar-refractivity contribution in [1.82, 2.24) is 14.9 Å². The summed E-state index contributed by atoms with van der Waals surface area (Å²) in [5.41, 5.74) is 1.90. The summed E-state index contributed by atoms with van der Waals surface area (Å²) < 4.78 is 6.85. The topological polar surface area (TPSA) is 59.2 Å². The Bertz CT molecular complexity index is 990. The Balaban J connectivity index is 1.54. The van der Waals surface area contributed by atoms with E-state index in [1.54, 1.807) is 47.8 Å². The minimum absolute atomic E-state index is 0.170. The van der Waals surface area contributed by atoms with Gasteiger partial charge in [0.1, 0.15) is 0 Å². The zero-order valence-electron chi connectivity index (χ0n) is 13.5. The van der Waals surface area contributed by atoms with Crippen LogP contribution in [0.25, 0.3) is 21.0 Å². The van der Waals surface area contributed by atoms with E-state index >= 15 is 0 Å². The lowest BCUT2D eigenvalue weighted by Gasteiger charge is -2.15. The van der Waals surface area contributed by atoms with Crippen molar-refractivity contribution in [1.29, 1.82) is 0 Å². The second-order valence-corrected chi connectivity index (χ2v) is 6.70. The van der Waals surface area contributed by atoms with Gasteiger partial charge in [0.05, 0.1) is 10.2 Å². The summed E-state index contributed by atoms with van der Waals surface area (Å²) in [6.45, 7) is 0.476. The Morgan fingerprint density at radius 1 is 1.16 bits per heavy atom. The molecular weight excluding hydrogens is 334 g/mol. The maximum atomic E-state index is 12.6. The number of fused-ring (bicyclic) bond motifs is 1. The molecule has 0 atom stereocenters. The number of hydrogen-bond acceptors (Lipinski definition) is 5. The van der Waals surface area contributed by atoms with Gasteiger partial charge in [-0.1, -0.05) is 18.2 Å². The number of amides is 1. The molecule has 0 saturated carbocycles. The first-order valence-corrected chi connectivity index (χ1v) is 8.62. The van der Waals surface area contributed by atoms with Crippen LogP contribution < -0.4 is 0 Å². The number of carbonyl (C=O) groups is 1. The molecule has 3 heterocycles. The maximum absolute atomic E-state index is 12.6. The maximum Gasteiger partial charge on any atom is 0.289 e. The largest absolute Gasteiger partial charge is 0.448 e. The number of hydrogen-bond donors (Lipinski definition) is 0. The van der Waals surface area contributed by atoms with Crippen LogP contribution in [-0.4, -0.2) is 27.8 Å². The highest BCUT2D eigenvalue weighted by Gasteiger charge is 2.18. The normalized spacial score (nSPS) is 10.9. The van der Waals surface area contributed by atoms with Gasteiger partial charge in [0.15, 0.2) is 16.5 Å². The fourth-order valence-corrected chi connectivity index (χ4v) is 3.50. The summed E-state index contributed by atoms with van der Waals surface area (Å²) in [5, 5.41) is 0.773. The van der Waals surface area contributed by atoms with Crippen LogP contribution in [0, 0.1) is 0 Å². The van der Waals surface area contributed by atoms with Crippen LogP contribution in [0.1, 0.15) is 16.1 Å². The fraction of sp³-hybridized carbons (Fsp3) is 0.105. The number of nitrogens with zero attached hydrogens (tertiary/aromatic N) is 3.